The van der Waals surface area contributed by atoms with Gasteiger partial charge in [0.25, 0.3) is 0 Å². The van der Waals surface area contributed by atoms with Gasteiger partial charge in [0.2, 0.25) is 0 Å². The fourth-order valence-electron chi connectivity index (χ4n) is 1.61. The van der Waals surface area contributed by atoms with Gasteiger partial charge in [-0.1, -0.05) is 6.07 Å². The third-order valence-electron chi connectivity index (χ3n) is 2.45. The molecule has 90 valence electrons. The molecule has 0 unspecified atom stereocenters. The van der Waals surface area contributed by atoms with Crippen molar-refractivity contribution in [2.45, 2.75) is 20.4 Å². The first kappa shape index (κ1) is 11.9. The number of thiazole rings is 1. The molecule has 1 aromatic carbocycles. The summed E-state index contributed by atoms with van der Waals surface area (Å²) in [5.74, 6) is 0.865. The van der Waals surface area contributed by atoms with Crippen LogP contribution >= 0.6 is 11.3 Å². The highest BCUT2D eigenvalue weighted by atomic mass is 32.1. The molecule has 17 heavy (non-hydrogen) atoms. The van der Waals surface area contributed by atoms with E-state index in [1.165, 1.54) is 5.56 Å². The second kappa shape index (κ2) is 5.19. The molecule has 0 aliphatic carbocycles. The summed E-state index contributed by atoms with van der Waals surface area (Å²) in [7, 11) is 1.68. The molecule has 0 aliphatic heterocycles. The van der Waals surface area contributed by atoms with Crippen LogP contribution in [0.15, 0.2) is 23.6 Å². The second-order valence-electron chi connectivity index (χ2n) is 3.94. The van der Waals surface area contributed by atoms with E-state index >= 15 is 0 Å². The Morgan fingerprint density at radius 3 is 2.82 bits per heavy atom. The van der Waals surface area contributed by atoms with Crippen molar-refractivity contribution in [2.75, 3.05) is 12.4 Å². The predicted molar refractivity (Wildman–Crippen MR) is 71.9 cm³/mol. The molecule has 0 atom stereocenters. The number of nitrogens with one attached hydrogen (secondary N) is 1. The summed E-state index contributed by atoms with van der Waals surface area (Å²) in [4.78, 5) is 4.42. The van der Waals surface area contributed by atoms with Gasteiger partial charge in [0.05, 0.1) is 19.3 Å². The van der Waals surface area contributed by atoms with Gasteiger partial charge in [0, 0.05) is 11.1 Å². The Morgan fingerprint density at radius 2 is 2.18 bits per heavy atom. The van der Waals surface area contributed by atoms with Gasteiger partial charge in [-0.15, -0.1) is 11.3 Å². The molecule has 2 rings (SSSR count). The number of hydrogen-bond acceptors (Lipinski definition) is 4. The van der Waals surface area contributed by atoms with Gasteiger partial charge in [-0.3, -0.25) is 0 Å². The van der Waals surface area contributed by atoms with Crippen LogP contribution in [0.4, 0.5) is 5.69 Å². The number of methoxy groups -OCH3 is 1. The van der Waals surface area contributed by atoms with Crippen molar-refractivity contribution >= 4 is 17.0 Å². The van der Waals surface area contributed by atoms with Crippen LogP contribution in [0, 0.1) is 13.8 Å². The number of nitrogens with zero attached hydrogens (tertiary/aromatic N) is 1. The summed E-state index contributed by atoms with van der Waals surface area (Å²) in [6, 6.07) is 6.10. The van der Waals surface area contributed by atoms with Crippen LogP contribution in [-0.4, -0.2) is 12.1 Å². The third-order valence-corrected chi connectivity index (χ3v) is 3.42. The standard InChI is InChI=1S/C13H16N2OS/c1-9-4-5-12(16-3)11(6-9)14-7-13-15-10(2)8-17-13/h4-6,8,14H,7H2,1-3H3. The van der Waals surface area contributed by atoms with Gasteiger partial charge in [0.15, 0.2) is 0 Å². The second-order valence-corrected chi connectivity index (χ2v) is 4.88. The Bertz CT molecular complexity index is 508. The smallest absolute Gasteiger partial charge is 0.141 e. The number of hydrogen-bond donors (Lipinski definition) is 1. The van der Waals surface area contributed by atoms with Crippen LogP contribution in [0.5, 0.6) is 5.75 Å². The van der Waals surface area contributed by atoms with Crippen molar-refractivity contribution in [3.63, 3.8) is 0 Å². The van der Waals surface area contributed by atoms with Crippen molar-refractivity contribution in [3.8, 4) is 5.75 Å². The molecule has 1 N–H and O–H groups in total. The van der Waals surface area contributed by atoms with E-state index in [4.69, 9.17) is 4.74 Å². The van der Waals surface area contributed by atoms with E-state index < -0.39 is 0 Å². The maximum absolute atomic E-state index is 5.31. The van der Waals surface area contributed by atoms with Crippen molar-refractivity contribution in [3.05, 3.63) is 39.8 Å². The summed E-state index contributed by atoms with van der Waals surface area (Å²) in [5, 5.41) is 6.51. The molecule has 2 aromatic rings. The SMILES string of the molecule is COc1ccc(C)cc1NCc1nc(C)cs1. The molecule has 1 aromatic heterocycles. The minimum absolute atomic E-state index is 0.734. The molecule has 3 nitrogen and oxygen atoms in total. The summed E-state index contributed by atoms with van der Waals surface area (Å²) >= 11 is 1.67. The first-order valence-corrected chi connectivity index (χ1v) is 6.36. The van der Waals surface area contributed by atoms with Crippen LogP contribution in [0.2, 0.25) is 0 Å². The summed E-state index contributed by atoms with van der Waals surface area (Å²) in [5.41, 5.74) is 3.30. The molecular weight excluding hydrogens is 232 g/mol. The Morgan fingerprint density at radius 1 is 1.35 bits per heavy atom. The Kier molecular flexibility index (Phi) is 3.64. The molecular formula is C13H16N2OS. The lowest BCUT2D eigenvalue weighted by Crippen LogP contribution is -2.01. The minimum Gasteiger partial charge on any atom is -0.495 e. The average Bonchev–Trinajstić information content (AvgIpc) is 2.73. The maximum atomic E-state index is 5.31. The highest BCUT2D eigenvalue weighted by Gasteiger charge is 2.04. The third kappa shape index (κ3) is 2.97. The number of aryl methyl sites for hydroxylation is 2. The first-order valence-electron chi connectivity index (χ1n) is 5.48. The number of ether oxygens (including phenoxy) is 1. The molecule has 0 aliphatic rings. The maximum Gasteiger partial charge on any atom is 0.141 e. The Labute approximate surface area is 105 Å². The normalized spacial score (nSPS) is 10.3. The van der Waals surface area contributed by atoms with Crippen LogP contribution in [0.25, 0.3) is 0 Å². The number of aromatic nitrogens is 1. The minimum atomic E-state index is 0.734. The highest BCUT2D eigenvalue weighted by molar-refractivity contribution is 7.09. The van der Waals surface area contributed by atoms with E-state index in [0.29, 0.717) is 0 Å². The number of benzene rings is 1. The van der Waals surface area contributed by atoms with Gasteiger partial charge in [-0.05, 0) is 31.5 Å². The van der Waals surface area contributed by atoms with E-state index in [1.54, 1.807) is 18.4 Å². The molecule has 0 amide bonds. The topological polar surface area (TPSA) is 34.1 Å². The van der Waals surface area contributed by atoms with Crippen molar-refractivity contribution in [2.24, 2.45) is 0 Å². The molecule has 0 saturated heterocycles. The fourth-order valence-corrected chi connectivity index (χ4v) is 2.33. The lowest BCUT2D eigenvalue weighted by atomic mass is 10.2. The molecule has 0 fully saturated rings. The average molecular weight is 248 g/mol. The monoisotopic (exact) mass is 248 g/mol. The predicted octanol–water partition coefficient (Wildman–Crippen LogP) is 3.38. The van der Waals surface area contributed by atoms with Gasteiger partial charge >= 0.3 is 0 Å². The summed E-state index contributed by atoms with van der Waals surface area (Å²) in [6.07, 6.45) is 0. The van der Waals surface area contributed by atoms with E-state index in [2.05, 4.69) is 28.7 Å². The van der Waals surface area contributed by atoms with E-state index in [-0.39, 0.29) is 0 Å². The van der Waals surface area contributed by atoms with Gasteiger partial charge < -0.3 is 10.1 Å². The molecule has 0 spiro atoms. The number of anilines is 1. The van der Waals surface area contributed by atoms with Crippen molar-refractivity contribution in [1.82, 2.24) is 4.98 Å². The lowest BCUT2D eigenvalue weighted by Gasteiger charge is -2.10. The molecule has 1 heterocycles. The fraction of sp³-hybridized carbons (Fsp3) is 0.308. The van der Waals surface area contributed by atoms with Gasteiger partial charge in [-0.25, -0.2) is 4.98 Å². The highest BCUT2D eigenvalue weighted by Crippen LogP contribution is 2.25. The zero-order valence-corrected chi connectivity index (χ0v) is 11.1. The van der Waals surface area contributed by atoms with E-state index in [1.807, 2.05) is 19.1 Å². The van der Waals surface area contributed by atoms with Crippen LogP contribution in [0.3, 0.4) is 0 Å². The number of rotatable bonds is 4. The Hall–Kier alpha value is -1.55. The largest absolute Gasteiger partial charge is 0.495 e. The molecule has 4 heteroatoms. The summed E-state index contributed by atoms with van der Waals surface area (Å²) in [6.45, 7) is 4.81. The van der Waals surface area contributed by atoms with E-state index in [9.17, 15) is 0 Å². The van der Waals surface area contributed by atoms with E-state index in [0.717, 1.165) is 28.7 Å². The van der Waals surface area contributed by atoms with Crippen molar-refractivity contribution in [1.29, 1.82) is 0 Å². The molecule has 0 radical (unpaired) electrons. The van der Waals surface area contributed by atoms with Crippen LogP contribution in [0.1, 0.15) is 16.3 Å². The summed E-state index contributed by atoms with van der Waals surface area (Å²) < 4.78 is 5.31. The van der Waals surface area contributed by atoms with Crippen LogP contribution < -0.4 is 10.1 Å². The zero-order chi connectivity index (χ0) is 12.3. The zero-order valence-electron chi connectivity index (χ0n) is 10.3. The lowest BCUT2D eigenvalue weighted by molar-refractivity contribution is 0.416. The Balaban J connectivity index is 2.10. The molecule has 0 bridgehead atoms. The molecule has 0 saturated carbocycles. The van der Waals surface area contributed by atoms with Crippen LogP contribution in [-0.2, 0) is 6.54 Å². The quantitative estimate of drug-likeness (QED) is 0.900. The van der Waals surface area contributed by atoms with Gasteiger partial charge in [0.1, 0.15) is 10.8 Å². The van der Waals surface area contributed by atoms with Crippen molar-refractivity contribution < 1.29 is 4.74 Å². The first-order chi connectivity index (χ1) is 8.19. The van der Waals surface area contributed by atoms with Gasteiger partial charge in [-0.2, -0.15) is 0 Å².